The number of nitrogens with zero attached hydrogens (tertiary/aromatic N) is 3. The smallest absolute Gasteiger partial charge is 0.0748 e. The van der Waals surface area contributed by atoms with Gasteiger partial charge in [-0.3, -0.25) is 5.43 Å². The summed E-state index contributed by atoms with van der Waals surface area (Å²) < 4.78 is 0. The molecule has 4 aromatic carbocycles. The van der Waals surface area contributed by atoms with Gasteiger partial charge in [-0.2, -0.15) is 0 Å². The van der Waals surface area contributed by atoms with Crippen molar-refractivity contribution in [1.29, 1.82) is 0 Å². The lowest BCUT2D eigenvalue weighted by Gasteiger charge is -2.19. The predicted octanol–water partition coefficient (Wildman–Crippen LogP) is 6.37. The number of anilines is 3. The Morgan fingerprint density at radius 1 is 0.615 bits per heavy atom. The molecule has 4 rings (SSSR count). The topological polar surface area (TPSA) is 40.0 Å². The Balaban J connectivity index is 1.74. The molecule has 0 aromatic heterocycles. The molecule has 0 amide bonds. The van der Waals surface area contributed by atoms with E-state index < -0.39 is 0 Å². The molecule has 4 aromatic rings. The molecule has 4 nitrogen and oxygen atoms in total. The van der Waals surface area contributed by atoms with Crippen molar-refractivity contribution in [3.63, 3.8) is 0 Å². The number of para-hydroxylation sites is 2. The first-order valence-corrected chi connectivity index (χ1v) is 8.46. The van der Waals surface area contributed by atoms with Gasteiger partial charge in [0.2, 0.25) is 0 Å². The van der Waals surface area contributed by atoms with E-state index in [0.29, 0.717) is 0 Å². The minimum absolute atomic E-state index is 0.891. The van der Waals surface area contributed by atoms with E-state index in [1.54, 1.807) is 0 Å². The van der Waals surface area contributed by atoms with Gasteiger partial charge >= 0.3 is 0 Å². The summed E-state index contributed by atoms with van der Waals surface area (Å²) >= 11 is 0. The van der Waals surface area contributed by atoms with Crippen LogP contribution in [0.5, 0.6) is 0 Å². The second kappa shape index (κ2) is 7.49. The molecule has 0 aliphatic heterocycles. The summed E-state index contributed by atoms with van der Waals surface area (Å²) in [6, 6.07) is 34.2. The van der Waals surface area contributed by atoms with E-state index in [-0.39, 0.29) is 0 Å². The molecule has 1 N–H and O–H groups in total. The Labute approximate surface area is 152 Å². The van der Waals surface area contributed by atoms with E-state index in [2.05, 4.69) is 40.1 Å². The van der Waals surface area contributed by atoms with Gasteiger partial charge < -0.3 is 0 Å². The molecule has 0 atom stereocenters. The van der Waals surface area contributed by atoms with E-state index in [1.165, 1.54) is 0 Å². The predicted molar refractivity (Wildman–Crippen MR) is 107 cm³/mol. The van der Waals surface area contributed by atoms with Crippen LogP contribution >= 0.6 is 0 Å². The largest absolute Gasteiger partial charge is 0.258 e. The van der Waals surface area contributed by atoms with Crippen LogP contribution in [0, 0.1) is 0 Å². The van der Waals surface area contributed by atoms with Gasteiger partial charge in [0.25, 0.3) is 0 Å². The lowest BCUT2D eigenvalue weighted by Crippen LogP contribution is -2.09. The van der Waals surface area contributed by atoms with Gasteiger partial charge in [0.05, 0.1) is 17.1 Å². The Morgan fingerprint density at radius 3 is 2.08 bits per heavy atom. The summed E-state index contributed by atoms with van der Waals surface area (Å²) in [5.74, 6) is 0. The van der Waals surface area contributed by atoms with Crippen LogP contribution in [0.25, 0.3) is 10.8 Å². The molecule has 0 unspecified atom stereocenters. The summed E-state index contributed by atoms with van der Waals surface area (Å²) in [4.78, 5) is 0. The maximum atomic E-state index is 4.46. The Morgan fingerprint density at radius 2 is 1.27 bits per heavy atom. The van der Waals surface area contributed by atoms with Gasteiger partial charge in [0, 0.05) is 5.39 Å². The molecule has 0 bridgehead atoms. The van der Waals surface area contributed by atoms with Gasteiger partial charge in [-0.1, -0.05) is 78.0 Å². The molecule has 26 heavy (non-hydrogen) atoms. The van der Waals surface area contributed by atoms with Crippen molar-refractivity contribution in [2.24, 2.45) is 10.4 Å². The summed E-state index contributed by atoms with van der Waals surface area (Å²) in [6.45, 7) is 0. The first-order chi connectivity index (χ1) is 12.9. The molecule has 0 radical (unpaired) electrons. The molecule has 0 aliphatic rings. The highest BCUT2D eigenvalue weighted by Crippen LogP contribution is 2.32. The first-order valence-electron chi connectivity index (χ1n) is 8.46. The highest BCUT2D eigenvalue weighted by Gasteiger charge is 2.11. The number of fused-ring (bicyclic) bond motifs is 1. The zero-order valence-corrected chi connectivity index (χ0v) is 14.2. The van der Waals surface area contributed by atoms with E-state index in [9.17, 15) is 0 Å². The maximum absolute atomic E-state index is 4.46. The maximum Gasteiger partial charge on any atom is 0.0748 e. The van der Waals surface area contributed by atoms with Crippen LogP contribution in [0.1, 0.15) is 0 Å². The molecule has 0 heterocycles. The Kier molecular flexibility index (Phi) is 4.56. The van der Waals surface area contributed by atoms with Crippen molar-refractivity contribution in [3.8, 4) is 0 Å². The van der Waals surface area contributed by atoms with Crippen LogP contribution in [-0.2, 0) is 0 Å². The molecule has 0 saturated carbocycles. The number of hydrogen-bond donors (Lipinski definition) is 1. The van der Waals surface area contributed by atoms with Gasteiger partial charge in [0.15, 0.2) is 0 Å². The third-order valence-corrected chi connectivity index (χ3v) is 4.08. The van der Waals surface area contributed by atoms with Crippen molar-refractivity contribution in [3.05, 3.63) is 103 Å². The van der Waals surface area contributed by atoms with E-state index >= 15 is 0 Å². The monoisotopic (exact) mass is 338 g/mol. The normalized spacial score (nSPS) is 10.9. The molecule has 0 saturated heterocycles. The van der Waals surface area contributed by atoms with E-state index in [0.717, 1.165) is 27.8 Å². The number of benzene rings is 4. The van der Waals surface area contributed by atoms with Crippen LogP contribution in [-0.4, -0.2) is 0 Å². The van der Waals surface area contributed by atoms with Gasteiger partial charge in [0.1, 0.15) is 0 Å². The molecule has 0 fully saturated rings. The van der Waals surface area contributed by atoms with Crippen LogP contribution in [0.3, 0.4) is 0 Å². The number of nitrogens with one attached hydrogen (secondary N) is 1. The highest BCUT2D eigenvalue weighted by atomic mass is 15.6. The van der Waals surface area contributed by atoms with Crippen LogP contribution in [0.4, 0.5) is 17.1 Å². The minimum atomic E-state index is 0.891. The zero-order valence-electron chi connectivity index (χ0n) is 14.2. The van der Waals surface area contributed by atoms with Crippen molar-refractivity contribution < 1.29 is 0 Å². The molecular formula is C22H18N4. The van der Waals surface area contributed by atoms with E-state index in [1.807, 2.05) is 83.9 Å². The molecule has 126 valence electrons. The van der Waals surface area contributed by atoms with Crippen LogP contribution in [0.2, 0.25) is 0 Å². The average Bonchev–Trinajstić information content (AvgIpc) is 2.72. The molecule has 0 aliphatic carbocycles. The zero-order chi connectivity index (χ0) is 17.6. The minimum Gasteiger partial charge on any atom is -0.258 e. The quantitative estimate of drug-likeness (QED) is 0.339. The second-order valence-corrected chi connectivity index (χ2v) is 5.81. The highest BCUT2D eigenvalue weighted by molar-refractivity contribution is 5.95. The Bertz CT molecular complexity index is 1010. The summed E-state index contributed by atoms with van der Waals surface area (Å²) in [5, 5.41) is 12.8. The summed E-state index contributed by atoms with van der Waals surface area (Å²) in [5.41, 5.74) is 5.80. The third-order valence-electron chi connectivity index (χ3n) is 4.08. The molecule has 4 heteroatoms. The lowest BCUT2D eigenvalue weighted by molar-refractivity contribution is 0.941. The van der Waals surface area contributed by atoms with Gasteiger partial charge in [-0.25, -0.2) is 5.01 Å². The second-order valence-electron chi connectivity index (χ2n) is 5.81. The van der Waals surface area contributed by atoms with Crippen LogP contribution in [0.15, 0.2) is 114 Å². The van der Waals surface area contributed by atoms with Crippen molar-refractivity contribution >= 4 is 27.8 Å². The van der Waals surface area contributed by atoms with Crippen LogP contribution < -0.4 is 10.4 Å². The van der Waals surface area contributed by atoms with Gasteiger partial charge in [-0.05, 0) is 40.9 Å². The van der Waals surface area contributed by atoms with Crippen molar-refractivity contribution in [2.75, 3.05) is 10.4 Å². The molecular weight excluding hydrogens is 320 g/mol. The summed E-state index contributed by atoms with van der Waals surface area (Å²) in [7, 11) is 0. The van der Waals surface area contributed by atoms with Crippen molar-refractivity contribution in [2.45, 2.75) is 0 Å². The average molecular weight is 338 g/mol. The fourth-order valence-electron chi connectivity index (χ4n) is 2.84. The Hall–Kier alpha value is -3.66. The number of rotatable bonds is 5. The fourth-order valence-corrected chi connectivity index (χ4v) is 2.84. The van der Waals surface area contributed by atoms with Crippen molar-refractivity contribution in [1.82, 2.24) is 0 Å². The lowest BCUT2D eigenvalue weighted by atomic mass is 10.1. The summed E-state index contributed by atoms with van der Waals surface area (Å²) in [6.07, 6.45) is 0. The van der Waals surface area contributed by atoms with E-state index in [4.69, 9.17) is 0 Å². The number of hydrogen-bond acceptors (Lipinski definition) is 2. The standard InChI is InChI=1S/C22H18N4/c1-3-12-19(13-4-1)23-24-25-26(20-14-5-2-6-15-20)22-17-9-11-18-10-7-8-16-21(18)22/h1-17H,(H,23,25). The third kappa shape index (κ3) is 3.39. The SMILES string of the molecule is c1ccc(NN=NN(c2ccccc2)c2cccc3ccccc23)cc1. The molecule has 0 spiro atoms. The first kappa shape index (κ1) is 15.8. The van der Waals surface area contributed by atoms with Gasteiger partial charge in [-0.15, -0.1) is 0 Å². The fraction of sp³-hybridized carbons (Fsp3) is 0.